The number of hydrogen-bond donors (Lipinski definition) is 1. The normalized spacial score (nSPS) is 22.0. The number of aromatic nitrogens is 4. The highest BCUT2D eigenvalue weighted by atomic mass is 16.7. The Balaban J connectivity index is 1.47. The first-order valence-electron chi connectivity index (χ1n) is 13.0. The van der Waals surface area contributed by atoms with Crippen LogP contribution in [-0.4, -0.2) is 50.9 Å². The largest absolute Gasteiger partial charge is 0.467 e. The number of imidazole rings is 1. The highest BCUT2D eigenvalue weighted by Crippen LogP contribution is 2.41. The Kier molecular flexibility index (Phi) is 6.94. The first kappa shape index (κ1) is 25.0. The Morgan fingerprint density at radius 1 is 1.08 bits per heavy atom. The predicted octanol–water partition coefficient (Wildman–Crippen LogP) is 5.58. The zero-order valence-corrected chi connectivity index (χ0v) is 22.2. The zero-order valence-electron chi connectivity index (χ0n) is 22.2. The molecule has 2 aliphatic rings. The summed E-state index contributed by atoms with van der Waals surface area (Å²) in [5.41, 5.74) is 4.21. The molecule has 1 aromatic carbocycles. The molecule has 8 heteroatoms. The van der Waals surface area contributed by atoms with Crippen molar-refractivity contribution in [1.82, 2.24) is 24.6 Å². The molecule has 0 bridgehead atoms. The third-order valence-electron chi connectivity index (χ3n) is 7.20. The van der Waals surface area contributed by atoms with Gasteiger partial charge in [0.05, 0.1) is 24.4 Å². The third kappa shape index (κ3) is 5.36. The summed E-state index contributed by atoms with van der Waals surface area (Å²) in [6.07, 6.45) is 13.2. The number of piperidine rings is 1. The molecule has 1 unspecified atom stereocenters. The number of hydrogen-bond acceptors (Lipinski definition) is 6. The van der Waals surface area contributed by atoms with E-state index in [0.29, 0.717) is 6.04 Å². The van der Waals surface area contributed by atoms with Gasteiger partial charge >= 0.3 is 0 Å². The van der Waals surface area contributed by atoms with Crippen LogP contribution in [0, 0.1) is 0 Å². The molecule has 2 aliphatic heterocycles. The first-order valence-corrected chi connectivity index (χ1v) is 13.0. The maximum atomic E-state index is 6.09. The van der Waals surface area contributed by atoms with Gasteiger partial charge in [-0.2, -0.15) is 5.10 Å². The number of ether oxygens (including phenoxy) is 3. The van der Waals surface area contributed by atoms with Crippen molar-refractivity contribution < 1.29 is 14.2 Å². The quantitative estimate of drug-likeness (QED) is 0.433. The fraction of sp³-hybridized carbons (Fsp3) is 0.571. The standard InChI is InChI=1S/C28H39N5O3/c1-27(2)13-22(14-28(3,4)31-27)32-18-29-16-24(32)23-10-9-20(12-25(23)36-19-34-5)21-15-30-33(17-21)26-8-6-7-11-35-26/h9-10,12,15-18,22,26,31H,6-8,11,13-14,19H2,1-5H3. The Hall–Kier alpha value is -2.68. The van der Waals surface area contributed by atoms with Crippen molar-refractivity contribution in [3.63, 3.8) is 0 Å². The lowest BCUT2D eigenvalue weighted by Gasteiger charge is -2.47. The predicted molar refractivity (Wildman–Crippen MR) is 140 cm³/mol. The van der Waals surface area contributed by atoms with Crippen LogP contribution in [0.3, 0.4) is 0 Å². The smallest absolute Gasteiger partial charge is 0.188 e. The van der Waals surface area contributed by atoms with Gasteiger partial charge in [0.1, 0.15) is 12.0 Å². The van der Waals surface area contributed by atoms with Crippen molar-refractivity contribution in [3.8, 4) is 28.1 Å². The molecule has 0 saturated carbocycles. The van der Waals surface area contributed by atoms with Crippen LogP contribution in [0.2, 0.25) is 0 Å². The Morgan fingerprint density at radius 3 is 2.61 bits per heavy atom. The van der Waals surface area contributed by atoms with Gasteiger partial charge in [0.25, 0.3) is 0 Å². The molecule has 3 aromatic rings. The number of nitrogens with one attached hydrogen (secondary N) is 1. The molecule has 0 spiro atoms. The molecule has 8 nitrogen and oxygen atoms in total. The van der Waals surface area contributed by atoms with Crippen molar-refractivity contribution >= 4 is 0 Å². The van der Waals surface area contributed by atoms with Crippen LogP contribution >= 0.6 is 0 Å². The van der Waals surface area contributed by atoms with Gasteiger partial charge in [0, 0.05) is 48.2 Å². The molecule has 4 heterocycles. The summed E-state index contributed by atoms with van der Waals surface area (Å²) < 4.78 is 21.5. The molecule has 194 valence electrons. The highest BCUT2D eigenvalue weighted by Gasteiger charge is 2.39. The fourth-order valence-corrected chi connectivity index (χ4v) is 6.00. The number of methoxy groups -OCH3 is 1. The number of nitrogens with zero attached hydrogens (tertiary/aromatic N) is 4. The summed E-state index contributed by atoms with van der Waals surface area (Å²) in [5, 5.41) is 8.37. The van der Waals surface area contributed by atoms with E-state index >= 15 is 0 Å². The topological polar surface area (TPSA) is 75.4 Å². The van der Waals surface area contributed by atoms with Gasteiger partial charge in [0.2, 0.25) is 0 Å². The highest BCUT2D eigenvalue weighted by molar-refractivity contribution is 5.74. The summed E-state index contributed by atoms with van der Waals surface area (Å²) in [5.74, 6) is 0.769. The molecule has 2 aromatic heterocycles. The Bertz CT molecular complexity index is 1160. The molecule has 0 radical (unpaired) electrons. The molecule has 5 rings (SSSR count). The van der Waals surface area contributed by atoms with E-state index in [-0.39, 0.29) is 24.1 Å². The van der Waals surface area contributed by atoms with E-state index in [1.807, 2.05) is 23.4 Å². The minimum absolute atomic E-state index is 0.0174. The van der Waals surface area contributed by atoms with Gasteiger partial charge in [-0.25, -0.2) is 9.67 Å². The van der Waals surface area contributed by atoms with Crippen molar-refractivity contribution in [2.24, 2.45) is 0 Å². The van der Waals surface area contributed by atoms with Crippen LogP contribution < -0.4 is 10.1 Å². The minimum Gasteiger partial charge on any atom is -0.467 e. The van der Waals surface area contributed by atoms with E-state index < -0.39 is 0 Å². The second kappa shape index (κ2) is 10.00. The summed E-state index contributed by atoms with van der Waals surface area (Å²) in [7, 11) is 1.64. The van der Waals surface area contributed by atoms with Crippen LogP contribution in [0.25, 0.3) is 22.4 Å². The maximum Gasteiger partial charge on any atom is 0.188 e. The molecule has 1 atom stereocenters. The molecule has 2 saturated heterocycles. The van der Waals surface area contributed by atoms with Gasteiger partial charge in [0.15, 0.2) is 6.79 Å². The molecular formula is C28H39N5O3. The van der Waals surface area contributed by atoms with Gasteiger partial charge in [-0.3, -0.25) is 0 Å². The van der Waals surface area contributed by atoms with Crippen molar-refractivity contribution in [1.29, 1.82) is 0 Å². The van der Waals surface area contributed by atoms with Crippen molar-refractivity contribution in [2.75, 3.05) is 20.5 Å². The lowest BCUT2D eigenvalue weighted by molar-refractivity contribution is -0.0394. The molecule has 0 amide bonds. The van der Waals surface area contributed by atoms with E-state index in [9.17, 15) is 0 Å². The average molecular weight is 494 g/mol. The second-order valence-electron chi connectivity index (χ2n) is 11.4. The van der Waals surface area contributed by atoms with Gasteiger partial charge in [-0.15, -0.1) is 0 Å². The lowest BCUT2D eigenvalue weighted by Crippen LogP contribution is -2.57. The van der Waals surface area contributed by atoms with Crippen LogP contribution in [0.1, 0.15) is 72.1 Å². The van der Waals surface area contributed by atoms with Crippen LogP contribution in [-0.2, 0) is 9.47 Å². The van der Waals surface area contributed by atoms with E-state index in [1.54, 1.807) is 7.11 Å². The lowest BCUT2D eigenvalue weighted by atomic mass is 9.79. The number of benzene rings is 1. The van der Waals surface area contributed by atoms with Crippen molar-refractivity contribution in [3.05, 3.63) is 43.1 Å². The van der Waals surface area contributed by atoms with E-state index in [4.69, 9.17) is 14.2 Å². The summed E-state index contributed by atoms with van der Waals surface area (Å²) >= 11 is 0. The third-order valence-corrected chi connectivity index (χ3v) is 7.20. The Labute approximate surface area is 214 Å². The average Bonchev–Trinajstić information content (AvgIpc) is 3.51. The Morgan fingerprint density at radius 2 is 1.89 bits per heavy atom. The van der Waals surface area contributed by atoms with Gasteiger partial charge in [-0.1, -0.05) is 6.07 Å². The van der Waals surface area contributed by atoms with Crippen molar-refractivity contribution in [2.45, 2.75) is 83.1 Å². The summed E-state index contributed by atoms with van der Waals surface area (Å²) in [6, 6.07) is 6.66. The molecule has 36 heavy (non-hydrogen) atoms. The van der Waals surface area contributed by atoms with Crippen LogP contribution in [0.5, 0.6) is 5.75 Å². The number of rotatable bonds is 7. The molecule has 2 fully saturated rings. The van der Waals surface area contributed by atoms with Gasteiger partial charge in [-0.05, 0) is 77.5 Å². The summed E-state index contributed by atoms with van der Waals surface area (Å²) in [6.45, 7) is 10.1. The van der Waals surface area contributed by atoms with Crippen LogP contribution in [0.15, 0.2) is 43.1 Å². The second-order valence-corrected chi connectivity index (χ2v) is 11.4. The fourth-order valence-electron chi connectivity index (χ4n) is 6.00. The molecular weight excluding hydrogens is 454 g/mol. The monoisotopic (exact) mass is 493 g/mol. The zero-order chi connectivity index (χ0) is 25.3. The van der Waals surface area contributed by atoms with E-state index in [2.05, 4.69) is 72.1 Å². The molecule has 1 N–H and O–H groups in total. The van der Waals surface area contributed by atoms with E-state index in [0.717, 1.165) is 60.4 Å². The summed E-state index contributed by atoms with van der Waals surface area (Å²) in [4.78, 5) is 4.55. The van der Waals surface area contributed by atoms with Gasteiger partial charge < -0.3 is 24.1 Å². The SMILES string of the molecule is COCOc1cc(-c2cnn(C3CCCCO3)c2)ccc1-c1cncn1C1CC(C)(C)NC(C)(C)C1. The first-order chi connectivity index (χ1) is 17.2. The molecule has 0 aliphatic carbocycles. The minimum atomic E-state index is 0.0174. The van der Waals surface area contributed by atoms with E-state index in [1.165, 1.54) is 6.42 Å². The van der Waals surface area contributed by atoms with Crippen LogP contribution in [0.4, 0.5) is 0 Å². The maximum absolute atomic E-state index is 6.09.